The summed E-state index contributed by atoms with van der Waals surface area (Å²) < 4.78 is 21.4. The van der Waals surface area contributed by atoms with Gasteiger partial charge < -0.3 is 9.64 Å². The lowest BCUT2D eigenvalue weighted by molar-refractivity contribution is -0.130. The van der Waals surface area contributed by atoms with E-state index >= 15 is 0 Å². The predicted octanol–water partition coefficient (Wildman–Crippen LogP) is 5.48. The van der Waals surface area contributed by atoms with Crippen molar-refractivity contribution >= 4 is 29.4 Å². The summed E-state index contributed by atoms with van der Waals surface area (Å²) in [5.74, 6) is 0.745. The molecule has 3 aromatic carbocycles. The van der Waals surface area contributed by atoms with Crippen LogP contribution in [0.25, 0.3) is 16.9 Å². The number of likely N-dealkylation sites (tertiary alicyclic amines) is 1. The molecule has 1 fully saturated rings. The minimum Gasteiger partial charge on any atom is -0.496 e. The van der Waals surface area contributed by atoms with Crippen molar-refractivity contribution in [2.45, 2.75) is 18.1 Å². The van der Waals surface area contributed by atoms with Crippen molar-refractivity contribution in [1.29, 1.82) is 0 Å². The summed E-state index contributed by atoms with van der Waals surface area (Å²) >= 11 is 1.49. The number of para-hydroxylation sites is 1. The molecule has 1 saturated heterocycles. The molecule has 0 spiro atoms. The van der Waals surface area contributed by atoms with Crippen LogP contribution in [0.15, 0.2) is 78.9 Å². The van der Waals surface area contributed by atoms with Gasteiger partial charge in [0.25, 0.3) is 0 Å². The van der Waals surface area contributed by atoms with Crippen molar-refractivity contribution in [2.24, 2.45) is 0 Å². The Morgan fingerprint density at radius 3 is 2.42 bits per heavy atom. The highest BCUT2D eigenvalue weighted by Crippen LogP contribution is 2.50. The normalized spacial score (nSPS) is 17.1. The lowest BCUT2D eigenvalue weighted by atomic mass is 9.99. The van der Waals surface area contributed by atoms with Gasteiger partial charge in [0.15, 0.2) is 0 Å². The topological polar surface area (TPSA) is 67.7 Å². The van der Waals surface area contributed by atoms with Gasteiger partial charge in [-0.15, -0.1) is 11.8 Å². The van der Waals surface area contributed by atoms with Crippen LogP contribution in [0.2, 0.25) is 0 Å². The van der Waals surface area contributed by atoms with Gasteiger partial charge in [0.05, 0.1) is 29.5 Å². The summed E-state index contributed by atoms with van der Waals surface area (Å²) in [6.45, 7) is 1.30. The van der Waals surface area contributed by atoms with Crippen LogP contribution < -0.4 is 9.64 Å². The number of nitrogens with zero attached hydrogens (tertiary/aromatic N) is 4. The summed E-state index contributed by atoms with van der Waals surface area (Å²) in [6, 6.07) is 23.6. The third-order valence-corrected chi connectivity index (χ3v) is 8.62. The average molecular weight is 557 g/mol. The lowest BCUT2D eigenvalue weighted by Gasteiger charge is -2.25. The first-order chi connectivity index (χ1) is 19.5. The number of carbonyl (C=O) groups is 2. The number of thioether (sulfide) groups is 1. The number of aromatic nitrogens is 2. The van der Waals surface area contributed by atoms with E-state index in [1.54, 1.807) is 28.8 Å². The SMILES string of the molecule is COc1ccccc1[C@H]1SCC(=O)N(CC(=O)N2CCCC2)c2c1c(-c1ccccc1)nn2-c1ccc(F)cc1. The van der Waals surface area contributed by atoms with Gasteiger partial charge in [0.1, 0.15) is 23.9 Å². The van der Waals surface area contributed by atoms with Gasteiger partial charge in [-0.2, -0.15) is 5.10 Å². The highest BCUT2D eigenvalue weighted by atomic mass is 32.2. The maximum Gasteiger partial charge on any atom is 0.242 e. The van der Waals surface area contributed by atoms with Crippen molar-refractivity contribution in [3.05, 3.63) is 95.8 Å². The molecule has 1 aromatic heterocycles. The molecular weight excluding hydrogens is 527 g/mol. The maximum atomic E-state index is 14.0. The number of fused-ring (bicyclic) bond motifs is 1. The van der Waals surface area contributed by atoms with Crippen molar-refractivity contribution < 1.29 is 18.7 Å². The third kappa shape index (κ3) is 4.86. The Morgan fingerprint density at radius 1 is 1.00 bits per heavy atom. The fourth-order valence-electron chi connectivity index (χ4n) is 5.42. The Hall–Kier alpha value is -4.11. The average Bonchev–Trinajstić information content (AvgIpc) is 3.64. The third-order valence-electron chi connectivity index (χ3n) is 7.38. The number of carbonyl (C=O) groups excluding carboxylic acids is 2. The molecule has 2 amide bonds. The number of rotatable bonds is 6. The van der Waals surface area contributed by atoms with Crippen molar-refractivity contribution in [3.8, 4) is 22.7 Å². The molecule has 0 radical (unpaired) electrons. The Bertz CT molecular complexity index is 1530. The first-order valence-electron chi connectivity index (χ1n) is 13.3. The zero-order valence-electron chi connectivity index (χ0n) is 22.1. The Kier molecular flexibility index (Phi) is 7.30. The summed E-state index contributed by atoms with van der Waals surface area (Å²) in [4.78, 5) is 30.7. The van der Waals surface area contributed by atoms with Gasteiger partial charge in [-0.25, -0.2) is 9.07 Å². The smallest absolute Gasteiger partial charge is 0.242 e. The number of hydrogen-bond acceptors (Lipinski definition) is 5. The van der Waals surface area contributed by atoms with E-state index in [1.807, 2.05) is 59.5 Å². The molecule has 3 heterocycles. The van der Waals surface area contributed by atoms with E-state index in [1.165, 1.54) is 23.9 Å². The molecule has 6 rings (SSSR count). The first-order valence-corrected chi connectivity index (χ1v) is 14.4. The molecule has 204 valence electrons. The van der Waals surface area contributed by atoms with Gasteiger partial charge in [-0.3, -0.25) is 14.5 Å². The van der Waals surface area contributed by atoms with E-state index in [0.717, 1.165) is 29.5 Å². The lowest BCUT2D eigenvalue weighted by Crippen LogP contribution is -2.43. The molecule has 2 aliphatic heterocycles. The number of amides is 2. The van der Waals surface area contributed by atoms with Gasteiger partial charge in [-0.05, 0) is 43.2 Å². The summed E-state index contributed by atoms with van der Waals surface area (Å²) in [5, 5.41) is 4.73. The molecule has 7 nitrogen and oxygen atoms in total. The standard InChI is InChI=1S/C31H29FN4O3S/c1-39-25-12-6-5-11-24(25)30-28-29(21-9-3-2-4-10-21)33-36(23-15-13-22(32)14-16-23)31(28)35(27(38)20-40-30)19-26(37)34-17-7-8-18-34/h2-6,9-16,30H,7-8,17-20H2,1H3/t30-/m1/s1. The van der Waals surface area contributed by atoms with Crippen LogP contribution in [-0.4, -0.2) is 59.0 Å². The molecule has 0 N–H and O–H groups in total. The van der Waals surface area contributed by atoms with Crippen molar-refractivity contribution in [2.75, 3.05) is 37.4 Å². The molecule has 1 atom stereocenters. The number of hydrogen-bond donors (Lipinski definition) is 0. The molecule has 0 aliphatic carbocycles. The maximum absolute atomic E-state index is 14.0. The van der Waals surface area contributed by atoms with E-state index in [0.29, 0.717) is 36.0 Å². The number of methoxy groups -OCH3 is 1. The van der Waals surface area contributed by atoms with Crippen LogP contribution in [-0.2, 0) is 9.59 Å². The molecule has 40 heavy (non-hydrogen) atoms. The van der Waals surface area contributed by atoms with Gasteiger partial charge in [-0.1, -0.05) is 48.5 Å². The van der Waals surface area contributed by atoms with Gasteiger partial charge in [0.2, 0.25) is 11.8 Å². The van der Waals surface area contributed by atoms with Crippen molar-refractivity contribution in [1.82, 2.24) is 14.7 Å². The van der Waals surface area contributed by atoms with Crippen LogP contribution in [0.1, 0.15) is 29.2 Å². The minimum absolute atomic E-state index is 0.0911. The highest BCUT2D eigenvalue weighted by Gasteiger charge is 2.39. The molecule has 0 bridgehead atoms. The van der Waals surface area contributed by atoms with Crippen LogP contribution in [0.3, 0.4) is 0 Å². The van der Waals surface area contributed by atoms with E-state index < -0.39 is 0 Å². The molecule has 4 aromatic rings. The molecule has 9 heteroatoms. The first kappa shape index (κ1) is 26.1. The van der Waals surface area contributed by atoms with Crippen LogP contribution in [0.4, 0.5) is 10.2 Å². The summed E-state index contributed by atoms with van der Waals surface area (Å²) in [7, 11) is 1.63. The second-order valence-corrected chi connectivity index (χ2v) is 10.9. The highest BCUT2D eigenvalue weighted by molar-refractivity contribution is 8.00. The molecule has 0 saturated carbocycles. The zero-order valence-corrected chi connectivity index (χ0v) is 22.9. The van der Waals surface area contributed by atoms with Gasteiger partial charge in [0, 0.05) is 29.8 Å². The van der Waals surface area contributed by atoms with Crippen molar-refractivity contribution in [3.63, 3.8) is 0 Å². The summed E-state index contributed by atoms with van der Waals surface area (Å²) in [6.07, 6.45) is 1.92. The summed E-state index contributed by atoms with van der Waals surface area (Å²) in [5.41, 5.74) is 3.88. The fourth-order valence-corrected chi connectivity index (χ4v) is 6.64. The minimum atomic E-state index is -0.370. The van der Waals surface area contributed by atoms with E-state index in [2.05, 4.69) is 0 Å². The van der Waals surface area contributed by atoms with Gasteiger partial charge >= 0.3 is 0 Å². The van der Waals surface area contributed by atoms with Crippen LogP contribution in [0.5, 0.6) is 5.75 Å². The molecule has 0 unspecified atom stereocenters. The van der Waals surface area contributed by atoms with Crippen LogP contribution >= 0.6 is 11.8 Å². The number of halogens is 1. The number of anilines is 1. The van der Waals surface area contributed by atoms with E-state index in [-0.39, 0.29) is 35.2 Å². The monoisotopic (exact) mass is 556 g/mol. The number of ether oxygens (including phenoxy) is 1. The Balaban J connectivity index is 1.62. The second-order valence-electron chi connectivity index (χ2n) is 9.84. The molecular formula is C31H29FN4O3S. The van der Waals surface area contributed by atoms with Crippen LogP contribution in [0, 0.1) is 5.82 Å². The quantitative estimate of drug-likeness (QED) is 0.315. The Labute approximate surface area is 236 Å². The Morgan fingerprint density at radius 2 is 1.70 bits per heavy atom. The zero-order chi connectivity index (χ0) is 27.6. The largest absolute Gasteiger partial charge is 0.496 e. The van der Waals surface area contributed by atoms with E-state index in [4.69, 9.17) is 9.84 Å². The fraction of sp³-hybridized carbons (Fsp3) is 0.258. The van der Waals surface area contributed by atoms with E-state index in [9.17, 15) is 14.0 Å². The second kappa shape index (κ2) is 11.2. The number of benzene rings is 3. The molecule has 2 aliphatic rings. The predicted molar refractivity (Wildman–Crippen MR) is 154 cm³/mol.